The molecule has 0 fully saturated rings. The molecule has 13 heavy (non-hydrogen) atoms. The number of carbonyl (C=O) groups is 1. The van der Waals surface area contributed by atoms with Gasteiger partial charge in [-0.15, -0.1) is 0 Å². The van der Waals surface area contributed by atoms with E-state index in [9.17, 15) is 4.79 Å². The maximum atomic E-state index is 11.2. The predicted molar refractivity (Wildman–Crippen MR) is 50.1 cm³/mol. The number of rotatable bonds is 2. The molecule has 0 aromatic carbocycles. The Bertz CT molecular complexity index is 370. The van der Waals surface area contributed by atoms with Crippen molar-refractivity contribution in [1.82, 2.24) is 9.69 Å². The van der Waals surface area contributed by atoms with Crippen molar-refractivity contribution >= 4 is 40.6 Å². The molecule has 1 aromatic rings. The van der Waals surface area contributed by atoms with Crippen LogP contribution in [0.5, 0.6) is 0 Å². The van der Waals surface area contributed by atoms with E-state index in [2.05, 4.69) is 9.69 Å². The van der Waals surface area contributed by atoms with E-state index in [1.165, 1.54) is 0 Å². The first-order chi connectivity index (χ1) is 6.16. The molecule has 7 heteroatoms. The van der Waals surface area contributed by atoms with Crippen LogP contribution in [0.3, 0.4) is 0 Å². The molecule has 0 spiro atoms. The van der Waals surface area contributed by atoms with Gasteiger partial charge in [0, 0.05) is 0 Å². The zero-order chi connectivity index (χ0) is 9.84. The van der Waals surface area contributed by atoms with Crippen molar-refractivity contribution in [3.8, 4) is 6.07 Å². The molecule has 0 saturated carbocycles. The fourth-order valence-electron chi connectivity index (χ4n) is 0.601. The fraction of sp³-hybridized carbons (Fsp3) is 0.167. The lowest BCUT2D eigenvalue weighted by Gasteiger charge is -1.95. The summed E-state index contributed by atoms with van der Waals surface area (Å²) in [6.07, 6.45) is 0. The summed E-state index contributed by atoms with van der Waals surface area (Å²) < 4.78 is 3.68. The van der Waals surface area contributed by atoms with Gasteiger partial charge in [0.05, 0.1) is 6.07 Å². The number of nitriles is 1. The fourth-order valence-corrected chi connectivity index (χ4v) is 1.73. The van der Waals surface area contributed by atoms with E-state index in [1.807, 2.05) is 0 Å². The molecule has 0 aliphatic carbocycles. The largest absolute Gasteiger partial charge is 0.338 e. The molecule has 1 aromatic heterocycles. The highest BCUT2D eigenvalue weighted by Gasteiger charge is 2.16. The topological polar surface area (TPSA) is 65.8 Å². The van der Waals surface area contributed by atoms with Crippen LogP contribution in [0.1, 0.15) is 9.67 Å². The van der Waals surface area contributed by atoms with E-state index >= 15 is 0 Å². The van der Waals surface area contributed by atoms with E-state index in [-0.39, 0.29) is 21.6 Å². The van der Waals surface area contributed by atoms with Gasteiger partial charge in [0.25, 0.3) is 5.91 Å². The van der Waals surface area contributed by atoms with Crippen LogP contribution >= 0.6 is 34.7 Å². The molecule has 0 aliphatic rings. The summed E-state index contributed by atoms with van der Waals surface area (Å²) in [5.41, 5.74) is 0. The van der Waals surface area contributed by atoms with Crippen molar-refractivity contribution in [2.45, 2.75) is 0 Å². The van der Waals surface area contributed by atoms with E-state index < -0.39 is 5.91 Å². The molecule has 0 unspecified atom stereocenters. The van der Waals surface area contributed by atoms with Crippen molar-refractivity contribution in [3.63, 3.8) is 0 Å². The standard InChI is InChI=1S/C6H3Cl2N3OS/c7-3-4(13-11-5(3)8)6(12)10-2-1-9/h2H2,(H,10,12). The van der Waals surface area contributed by atoms with E-state index in [0.717, 1.165) is 11.5 Å². The van der Waals surface area contributed by atoms with Crippen molar-refractivity contribution in [3.05, 3.63) is 15.1 Å². The summed E-state index contributed by atoms with van der Waals surface area (Å²) in [5, 5.41) is 10.8. The molecule has 0 radical (unpaired) electrons. The zero-order valence-corrected chi connectivity index (χ0v) is 8.50. The van der Waals surface area contributed by atoms with E-state index in [1.54, 1.807) is 6.07 Å². The summed E-state index contributed by atoms with van der Waals surface area (Å²) in [5.74, 6) is -0.434. The third kappa shape index (κ3) is 2.31. The minimum absolute atomic E-state index is 0.0648. The molecule has 1 N–H and O–H groups in total. The predicted octanol–water partition coefficient (Wildman–Crippen LogP) is 1.70. The minimum atomic E-state index is -0.434. The summed E-state index contributed by atoms with van der Waals surface area (Å²) >= 11 is 12.1. The zero-order valence-electron chi connectivity index (χ0n) is 6.17. The third-order valence-corrected chi connectivity index (χ3v) is 2.93. The number of carbonyl (C=O) groups excluding carboxylic acids is 1. The molecule has 0 aliphatic heterocycles. The Morgan fingerprint density at radius 2 is 2.38 bits per heavy atom. The molecule has 1 heterocycles. The number of hydrogen-bond donors (Lipinski definition) is 1. The lowest BCUT2D eigenvalue weighted by molar-refractivity contribution is 0.0962. The average Bonchev–Trinajstić information content (AvgIpc) is 2.44. The van der Waals surface area contributed by atoms with Crippen molar-refractivity contribution in [2.24, 2.45) is 0 Å². The third-order valence-electron chi connectivity index (χ3n) is 1.13. The Morgan fingerprint density at radius 1 is 1.69 bits per heavy atom. The normalized spacial score (nSPS) is 9.31. The van der Waals surface area contributed by atoms with Crippen molar-refractivity contribution in [2.75, 3.05) is 6.54 Å². The lowest BCUT2D eigenvalue weighted by Crippen LogP contribution is -2.22. The second-order valence-electron chi connectivity index (χ2n) is 1.96. The number of aromatic nitrogens is 1. The molecule has 0 bridgehead atoms. The number of halogens is 2. The van der Waals surface area contributed by atoms with Crippen LogP contribution in [0.25, 0.3) is 0 Å². The van der Waals surface area contributed by atoms with Crippen LogP contribution in [-0.2, 0) is 0 Å². The molecule has 68 valence electrons. The van der Waals surface area contributed by atoms with Crippen molar-refractivity contribution < 1.29 is 4.79 Å². The monoisotopic (exact) mass is 235 g/mol. The summed E-state index contributed by atoms with van der Waals surface area (Å²) in [7, 11) is 0. The van der Waals surface area contributed by atoms with E-state index in [4.69, 9.17) is 28.5 Å². The first kappa shape index (κ1) is 10.3. The highest BCUT2D eigenvalue weighted by Crippen LogP contribution is 2.28. The van der Waals surface area contributed by atoms with Crippen LogP contribution in [0.2, 0.25) is 10.2 Å². The Morgan fingerprint density at radius 3 is 2.85 bits per heavy atom. The summed E-state index contributed by atoms with van der Waals surface area (Å²) in [6, 6.07) is 1.77. The second kappa shape index (κ2) is 4.42. The van der Waals surface area contributed by atoms with Gasteiger partial charge in [-0.2, -0.15) is 9.64 Å². The SMILES string of the molecule is N#CCNC(=O)c1snc(Cl)c1Cl. The Kier molecular flexibility index (Phi) is 3.48. The molecule has 4 nitrogen and oxygen atoms in total. The van der Waals surface area contributed by atoms with E-state index in [0.29, 0.717) is 0 Å². The highest BCUT2D eigenvalue weighted by molar-refractivity contribution is 7.09. The van der Waals surface area contributed by atoms with Crippen LogP contribution in [0, 0.1) is 11.3 Å². The average molecular weight is 236 g/mol. The quantitative estimate of drug-likeness (QED) is 0.794. The number of nitrogens with zero attached hydrogens (tertiary/aromatic N) is 2. The minimum Gasteiger partial charge on any atom is -0.338 e. The smallest absolute Gasteiger partial charge is 0.265 e. The summed E-state index contributed by atoms with van der Waals surface area (Å²) in [6.45, 7) is -0.0648. The van der Waals surface area contributed by atoms with Gasteiger partial charge in [0.15, 0.2) is 5.15 Å². The lowest BCUT2D eigenvalue weighted by atomic mass is 10.4. The number of hydrogen-bond acceptors (Lipinski definition) is 4. The molecular formula is C6H3Cl2N3OS. The first-order valence-electron chi connectivity index (χ1n) is 3.12. The van der Waals surface area contributed by atoms with Crippen molar-refractivity contribution in [1.29, 1.82) is 5.26 Å². The molecule has 0 saturated heterocycles. The van der Waals surface area contributed by atoms with Gasteiger partial charge in [-0.25, -0.2) is 0 Å². The Balaban J connectivity index is 2.78. The van der Waals surface area contributed by atoms with Gasteiger partial charge in [0.1, 0.15) is 16.4 Å². The van der Waals surface area contributed by atoms with Gasteiger partial charge < -0.3 is 5.32 Å². The second-order valence-corrected chi connectivity index (χ2v) is 3.47. The highest BCUT2D eigenvalue weighted by atomic mass is 35.5. The van der Waals surface area contributed by atoms with Gasteiger partial charge in [-0.1, -0.05) is 23.2 Å². The van der Waals surface area contributed by atoms with Gasteiger partial charge in [0.2, 0.25) is 0 Å². The van der Waals surface area contributed by atoms with Crippen LogP contribution in [0.15, 0.2) is 0 Å². The first-order valence-corrected chi connectivity index (χ1v) is 4.65. The van der Waals surface area contributed by atoms with Gasteiger partial charge in [-0.05, 0) is 11.5 Å². The Hall–Kier alpha value is -0.830. The molecular weight excluding hydrogens is 233 g/mol. The summed E-state index contributed by atoms with van der Waals surface area (Å²) in [4.78, 5) is 11.4. The number of nitrogens with one attached hydrogen (secondary N) is 1. The van der Waals surface area contributed by atoms with Crippen LogP contribution in [0.4, 0.5) is 0 Å². The maximum Gasteiger partial charge on any atom is 0.265 e. The maximum absolute atomic E-state index is 11.2. The van der Waals surface area contributed by atoms with Gasteiger partial charge >= 0.3 is 0 Å². The molecule has 1 amide bonds. The molecule has 0 atom stereocenters. The Labute approximate surface area is 88.2 Å². The van der Waals surface area contributed by atoms with Crippen LogP contribution < -0.4 is 5.32 Å². The van der Waals surface area contributed by atoms with Gasteiger partial charge in [-0.3, -0.25) is 4.79 Å². The molecule has 1 rings (SSSR count). The number of amides is 1. The van der Waals surface area contributed by atoms with Crippen LogP contribution in [-0.4, -0.2) is 16.8 Å².